The fraction of sp³-hybridized carbons (Fsp3) is 0.231. The van der Waals surface area contributed by atoms with Gasteiger partial charge in [-0.25, -0.2) is 0 Å². The monoisotopic (exact) mass is 464 g/mol. The van der Waals surface area contributed by atoms with Crippen molar-refractivity contribution in [1.29, 1.82) is 0 Å². The third-order valence-corrected chi connectivity index (χ3v) is 7.33. The summed E-state index contributed by atoms with van der Waals surface area (Å²) in [6.07, 6.45) is 0.206. The number of carbonyl (C=O) groups is 2. The highest BCUT2D eigenvalue weighted by Crippen LogP contribution is 2.57. The summed E-state index contributed by atoms with van der Waals surface area (Å²) < 4.78 is 0. The number of aryl methyl sites for hydroxylation is 1. The van der Waals surface area contributed by atoms with Crippen LogP contribution in [0.3, 0.4) is 0 Å². The standard InChI is InChI=1S/C26H22Cl2N2O2/c1-15-5-2-3-8-19(15)21-13-24(31)29-14-22(16-6-4-7-17(27)11-16)26(21)20-10-9-18(28)12-23(20)30-25(26)32/h2-12,21-22H,13-14H2,1H3,(H,29,31)(H,30,32)/t21-,22+,26-/m1/s1. The van der Waals surface area contributed by atoms with Gasteiger partial charge in [0.2, 0.25) is 11.8 Å². The van der Waals surface area contributed by atoms with Gasteiger partial charge in [0.1, 0.15) is 0 Å². The molecule has 1 spiro atoms. The number of fused-ring (bicyclic) bond motifs is 2. The maximum atomic E-state index is 14.0. The molecule has 4 nitrogen and oxygen atoms in total. The lowest BCUT2D eigenvalue weighted by atomic mass is 9.58. The summed E-state index contributed by atoms with van der Waals surface area (Å²) in [5.74, 6) is -0.876. The molecule has 0 aromatic heterocycles. The van der Waals surface area contributed by atoms with Crippen LogP contribution in [0.1, 0.15) is 40.5 Å². The summed E-state index contributed by atoms with van der Waals surface area (Å²) in [5, 5.41) is 7.28. The van der Waals surface area contributed by atoms with Crippen molar-refractivity contribution in [2.24, 2.45) is 0 Å². The molecule has 2 N–H and O–H groups in total. The molecule has 32 heavy (non-hydrogen) atoms. The van der Waals surface area contributed by atoms with Gasteiger partial charge in [-0.15, -0.1) is 0 Å². The van der Waals surface area contributed by atoms with Crippen molar-refractivity contribution in [3.05, 3.63) is 99.0 Å². The van der Waals surface area contributed by atoms with E-state index in [4.69, 9.17) is 23.2 Å². The van der Waals surface area contributed by atoms with E-state index < -0.39 is 5.41 Å². The van der Waals surface area contributed by atoms with Crippen LogP contribution in [0, 0.1) is 6.92 Å². The Balaban J connectivity index is 1.85. The quantitative estimate of drug-likeness (QED) is 0.519. The molecule has 0 bridgehead atoms. The van der Waals surface area contributed by atoms with E-state index in [-0.39, 0.29) is 30.1 Å². The van der Waals surface area contributed by atoms with Gasteiger partial charge in [0, 0.05) is 40.5 Å². The first-order valence-electron chi connectivity index (χ1n) is 10.6. The SMILES string of the molecule is Cc1ccccc1[C@H]1CC(=O)NC[C@@H](c2cccc(Cl)c2)[C@]12C(=O)Nc1cc(Cl)ccc12. The van der Waals surface area contributed by atoms with Gasteiger partial charge in [-0.05, 0) is 53.4 Å². The van der Waals surface area contributed by atoms with E-state index in [1.54, 1.807) is 6.07 Å². The zero-order chi connectivity index (χ0) is 22.5. The minimum absolute atomic E-state index is 0.0719. The van der Waals surface area contributed by atoms with Gasteiger partial charge in [-0.1, -0.05) is 65.7 Å². The molecule has 2 aliphatic rings. The minimum atomic E-state index is -1.00. The van der Waals surface area contributed by atoms with Crippen LogP contribution in [0.15, 0.2) is 66.7 Å². The first-order valence-corrected chi connectivity index (χ1v) is 11.4. The van der Waals surface area contributed by atoms with Crippen molar-refractivity contribution < 1.29 is 9.59 Å². The van der Waals surface area contributed by atoms with E-state index in [1.165, 1.54) is 0 Å². The maximum Gasteiger partial charge on any atom is 0.236 e. The van der Waals surface area contributed by atoms with Crippen molar-refractivity contribution in [1.82, 2.24) is 5.32 Å². The number of anilines is 1. The highest BCUT2D eigenvalue weighted by atomic mass is 35.5. The molecular weight excluding hydrogens is 443 g/mol. The minimum Gasteiger partial charge on any atom is -0.355 e. The molecule has 3 aromatic rings. The van der Waals surface area contributed by atoms with Crippen LogP contribution < -0.4 is 10.6 Å². The Bertz CT molecular complexity index is 1240. The number of benzene rings is 3. The molecule has 3 aromatic carbocycles. The van der Waals surface area contributed by atoms with Crippen molar-refractivity contribution in [2.45, 2.75) is 30.6 Å². The Hall–Kier alpha value is -2.82. The fourth-order valence-corrected chi connectivity index (χ4v) is 5.87. The lowest BCUT2D eigenvalue weighted by Gasteiger charge is -2.41. The topological polar surface area (TPSA) is 58.2 Å². The summed E-state index contributed by atoms with van der Waals surface area (Å²) in [4.78, 5) is 27.0. The van der Waals surface area contributed by atoms with Crippen LogP contribution in [0.5, 0.6) is 0 Å². The molecule has 3 atom stereocenters. The maximum absolute atomic E-state index is 14.0. The smallest absolute Gasteiger partial charge is 0.236 e. The molecular formula is C26H22Cl2N2O2. The van der Waals surface area contributed by atoms with Crippen molar-refractivity contribution in [3.63, 3.8) is 0 Å². The van der Waals surface area contributed by atoms with Crippen LogP contribution in [0.2, 0.25) is 10.0 Å². The Morgan fingerprint density at radius 1 is 0.906 bits per heavy atom. The molecule has 2 heterocycles. The summed E-state index contributed by atoms with van der Waals surface area (Å²) in [7, 11) is 0. The van der Waals surface area contributed by atoms with Crippen molar-refractivity contribution in [2.75, 3.05) is 11.9 Å². The average molecular weight is 465 g/mol. The lowest BCUT2D eigenvalue weighted by Crippen LogP contribution is -2.47. The summed E-state index contributed by atoms with van der Waals surface area (Å²) in [5.41, 5.74) is 3.51. The van der Waals surface area contributed by atoms with Crippen LogP contribution in [-0.4, -0.2) is 18.4 Å². The number of halogens is 2. The van der Waals surface area contributed by atoms with Crippen LogP contribution in [-0.2, 0) is 15.0 Å². The van der Waals surface area contributed by atoms with Crippen molar-refractivity contribution >= 4 is 40.7 Å². The zero-order valence-corrected chi connectivity index (χ0v) is 19.0. The second-order valence-electron chi connectivity index (χ2n) is 8.54. The third-order valence-electron chi connectivity index (χ3n) is 6.86. The Morgan fingerprint density at radius 2 is 1.69 bits per heavy atom. The Labute approximate surface area is 196 Å². The van der Waals surface area contributed by atoms with Crippen LogP contribution in [0.25, 0.3) is 0 Å². The molecule has 0 unspecified atom stereocenters. The number of hydrogen-bond acceptors (Lipinski definition) is 2. The van der Waals surface area contributed by atoms with E-state index in [0.29, 0.717) is 22.3 Å². The molecule has 2 aliphatic heterocycles. The molecule has 1 fully saturated rings. The van der Waals surface area contributed by atoms with Gasteiger partial charge in [-0.2, -0.15) is 0 Å². The van der Waals surface area contributed by atoms with Gasteiger partial charge >= 0.3 is 0 Å². The molecule has 162 valence electrons. The largest absolute Gasteiger partial charge is 0.355 e. The molecule has 1 saturated heterocycles. The number of rotatable bonds is 2. The van der Waals surface area contributed by atoms with Gasteiger partial charge in [0.25, 0.3) is 0 Å². The fourth-order valence-electron chi connectivity index (χ4n) is 5.50. The molecule has 0 saturated carbocycles. The second-order valence-corrected chi connectivity index (χ2v) is 9.41. The molecule has 0 radical (unpaired) electrons. The highest BCUT2D eigenvalue weighted by molar-refractivity contribution is 6.31. The van der Waals surface area contributed by atoms with Gasteiger partial charge in [0.15, 0.2) is 0 Å². The van der Waals surface area contributed by atoms with Crippen molar-refractivity contribution in [3.8, 4) is 0 Å². The predicted molar refractivity (Wildman–Crippen MR) is 127 cm³/mol. The summed E-state index contributed by atoms with van der Waals surface area (Å²) in [6, 6.07) is 21.1. The lowest BCUT2D eigenvalue weighted by molar-refractivity contribution is -0.123. The predicted octanol–water partition coefficient (Wildman–Crippen LogP) is 5.58. The van der Waals surface area contributed by atoms with Crippen LogP contribution in [0.4, 0.5) is 5.69 Å². The number of hydrogen-bond donors (Lipinski definition) is 2. The second kappa shape index (κ2) is 7.95. The van der Waals surface area contributed by atoms with E-state index in [0.717, 1.165) is 22.3 Å². The summed E-state index contributed by atoms with van der Waals surface area (Å²) >= 11 is 12.6. The molecule has 0 aliphatic carbocycles. The third kappa shape index (κ3) is 3.21. The normalized spacial score (nSPS) is 24.6. The number of carbonyl (C=O) groups excluding carboxylic acids is 2. The van der Waals surface area contributed by atoms with E-state index in [9.17, 15) is 9.59 Å². The molecule has 5 rings (SSSR count). The zero-order valence-electron chi connectivity index (χ0n) is 17.5. The van der Waals surface area contributed by atoms with Gasteiger partial charge < -0.3 is 10.6 Å². The highest BCUT2D eigenvalue weighted by Gasteiger charge is 2.59. The number of nitrogens with one attached hydrogen (secondary N) is 2. The van der Waals surface area contributed by atoms with Gasteiger partial charge in [-0.3, -0.25) is 9.59 Å². The van der Waals surface area contributed by atoms with Gasteiger partial charge in [0.05, 0.1) is 5.41 Å². The molecule has 2 amide bonds. The first kappa shape index (κ1) is 21.0. The Kier molecular flexibility index (Phi) is 5.23. The van der Waals surface area contributed by atoms with E-state index >= 15 is 0 Å². The average Bonchev–Trinajstić information content (AvgIpc) is 2.94. The summed E-state index contributed by atoms with van der Waals surface area (Å²) in [6.45, 7) is 2.35. The Morgan fingerprint density at radius 3 is 2.47 bits per heavy atom. The molecule has 6 heteroatoms. The van der Waals surface area contributed by atoms with E-state index in [1.807, 2.05) is 67.6 Å². The number of amides is 2. The van der Waals surface area contributed by atoms with E-state index in [2.05, 4.69) is 10.6 Å². The first-order chi connectivity index (χ1) is 15.4. The van der Waals surface area contributed by atoms with Crippen LogP contribution >= 0.6 is 23.2 Å².